The number of ether oxygens (including phenoxy) is 1. The lowest BCUT2D eigenvalue weighted by atomic mass is 10.2. The van der Waals surface area contributed by atoms with Crippen molar-refractivity contribution in [1.29, 1.82) is 0 Å². The molecule has 5 heteroatoms. The number of hydrogen-bond acceptors (Lipinski definition) is 3. The molecule has 0 radical (unpaired) electrons. The van der Waals surface area contributed by atoms with E-state index in [1.54, 1.807) is 7.11 Å². The molecule has 0 saturated carbocycles. The maximum absolute atomic E-state index is 6.00. The van der Waals surface area contributed by atoms with Gasteiger partial charge in [-0.25, -0.2) is 0 Å². The van der Waals surface area contributed by atoms with Crippen molar-refractivity contribution in [2.75, 3.05) is 14.2 Å². The lowest BCUT2D eigenvalue weighted by Crippen LogP contribution is -2.04. The van der Waals surface area contributed by atoms with E-state index in [1.807, 2.05) is 42.3 Å². The van der Waals surface area contributed by atoms with Crippen LogP contribution in [0.2, 0.25) is 5.02 Å². The van der Waals surface area contributed by atoms with Crippen molar-refractivity contribution in [1.82, 2.24) is 15.1 Å². The Balaban J connectivity index is 2.19. The van der Waals surface area contributed by atoms with Crippen LogP contribution in [0, 0.1) is 0 Å². The molecule has 0 unspecified atom stereocenters. The third-order valence-corrected chi connectivity index (χ3v) is 2.88. The first kappa shape index (κ1) is 12.9. The van der Waals surface area contributed by atoms with Crippen LogP contribution in [0.1, 0.15) is 11.1 Å². The second-order valence-corrected chi connectivity index (χ2v) is 4.47. The van der Waals surface area contributed by atoms with Gasteiger partial charge >= 0.3 is 0 Å². The standard InChI is InChI=1S/C13H16ClN3O/c1-15-6-10-7-16-17(8-10)9-11-5-12(14)3-4-13(11)18-2/h3-5,7-8,15H,6,9H2,1-2H3. The maximum atomic E-state index is 6.00. The molecule has 2 rings (SSSR count). The van der Waals surface area contributed by atoms with E-state index in [-0.39, 0.29) is 0 Å². The third-order valence-electron chi connectivity index (χ3n) is 2.64. The average Bonchev–Trinajstić information content (AvgIpc) is 2.77. The fraction of sp³-hybridized carbons (Fsp3) is 0.308. The molecule has 0 spiro atoms. The van der Waals surface area contributed by atoms with Gasteiger partial charge in [0.15, 0.2) is 0 Å². The van der Waals surface area contributed by atoms with Crippen molar-refractivity contribution >= 4 is 11.6 Å². The number of hydrogen-bond donors (Lipinski definition) is 1. The first-order valence-electron chi connectivity index (χ1n) is 5.71. The van der Waals surface area contributed by atoms with Crippen LogP contribution in [0.4, 0.5) is 0 Å². The van der Waals surface area contributed by atoms with Gasteiger partial charge in [0.25, 0.3) is 0 Å². The molecule has 1 aromatic heterocycles. The lowest BCUT2D eigenvalue weighted by molar-refractivity contribution is 0.407. The summed E-state index contributed by atoms with van der Waals surface area (Å²) in [5.74, 6) is 0.824. The number of methoxy groups -OCH3 is 1. The summed E-state index contributed by atoms with van der Waals surface area (Å²) in [5.41, 5.74) is 2.17. The van der Waals surface area contributed by atoms with Crippen LogP contribution in [0.15, 0.2) is 30.6 Å². The van der Waals surface area contributed by atoms with E-state index in [1.165, 1.54) is 0 Å². The molecule has 18 heavy (non-hydrogen) atoms. The van der Waals surface area contributed by atoms with Gasteiger partial charge in [-0.15, -0.1) is 0 Å². The van der Waals surface area contributed by atoms with Crippen LogP contribution < -0.4 is 10.1 Å². The van der Waals surface area contributed by atoms with Gasteiger partial charge in [0, 0.05) is 28.9 Å². The molecule has 0 saturated heterocycles. The SMILES string of the molecule is CNCc1cnn(Cc2cc(Cl)ccc2OC)c1. The molecule has 4 nitrogen and oxygen atoms in total. The smallest absolute Gasteiger partial charge is 0.124 e. The predicted molar refractivity (Wildman–Crippen MR) is 72.1 cm³/mol. The lowest BCUT2D eigenvalue weighted by Gasteiger charge is -2.08. The summed E-state index contributed by atoms with van der Waals surface area (Å²) in [5, 5.41) is 8.11. The number of nitrogens with one attached hydrogen (secondary N) is 1. The molecule has 0 aliphatic heterocycles. The van der Waals surface area contributed by atoms with Gasteiger partial charge in [0.1, 0.15) is 5.75 Å². The van der Waals surface area contributed by atoms with E-state index < -0.39 is 0 Å². The van der Waals surface area contributed by atoms with Crippen LogP contribution in [0.25, 0.3) is 0 Å². The van der Waals surface area contributed by atoms with Crippen molar-refractivity contribution in [3.63, 3.8) is 0 Å². The van der Waals surface area contributed by atoms with E-state index in [2.05, 4.69) is 10.4 Å². The fourth-order valence-corrected chi connectivity index (χ4v) is 2.03. The minimum atomic E-state index is 0.646. The topological polar surface area (TPSA) is 39.1 Å². The largest absolute Gasteiger partial charge is 0.496 e. The van der Waals surface area contributed by atoms with Crippen LogP contribution >= 0.6 is 11.6 Å². The summed E-state index contributed by atoms with van der Waals surface area (Å²) < 4.78 is 7.19. The number of aromatic nitrogens is 2. The van der Waals surface area contributed by atoms with E-state index in [9.17, 15) is 0 Å². The van der Waals surface area contributed by atoms with Gasteiger partial charge < -0.3 is 10.1 Å². The summed E-state index contributed by atoms with van der Waals surface area (Å²) in [7, 11) is 3.57. The zero-order chi connectivity index (χ0) is 13.0. The van der Waals surface area contributed by atoms with Gasteiger partial charge in [-0.2, -0.15) is 5.10 Å². The molecule has 0 bridgehead atoms. The molecule has 0 aliphatic carbocycles. The second-order valence-electron chi connectivity index (χ2n) is 4.03. The highest BCUT2D eigenvalue weighted by atomic mass is 35.5. The zero-order valence-electron chi connectivity index (χ0n) is 10.5. The molecule has 1 aromatic carbocycles. The van der Waals surface area contributed by atoms with Crippen molar-refractivity contribution in [2.24, 2.45) is 0 Å². The summed E-state index contributed by atoms with van der Waals surface area (Å²) >= 11 is 6.00. The van der Waals surface area contributed by atoms with E-state index >= 15 is 0 Å². The minimum absolute atomic E-state index is 0.646. The highest BCUT2D eigenvalue weighted by Crippen LogP contribution is 2.23. The minimum Gasteiger partial charge on any atom is -0.496 e. The Bertz CT molecular complexity index is 525. The quantitative estimate of drug-likeness (QED) is 0.902. The normalized spacial score (nSPS) is 10.6. The monoisotopic (exact) mass is 265 g/mol. The molecule has 0 amide bonds. The maximum Gasteiger partial charge on any atom is 0.124 e. The Morgan fingerprint density at radius 2 is 2.28 bits per heavy atom. The molecular weight excluding hydrogens is 250 g/mol. The Morgan fingerprint density at radius 1 is 1.44 bits per heavy atom. The summed E-state index contributed by atoms with van der Waals surface area (Å²) in [6.07, 6.45) is 3.87. The van der Waals surface area contributed by atoms with Crippen molar-refractivity contribution in [2.45, 2.75) is 13.1 Å². The molecular formula is C13H16ClN3O. The Hall–Kier alpha value is -1.52. The van der Waals surface area contributed by atoms with Crippen molar-refractivity contribution < 1.29 is 4.74 Å². The number of rotatable bonds is 5. The number of benzene rings is 1. The Morgan fingerprint density at radius 3 is 3.00 bits per heavy atom. The van der Waals surface area contributed by atoms with Crippen molar-refractivity contribution in [3.05, 3.63) is 46.7 Å². The van der Waals surface area contributed by atoms with Crippen LogP contribution in [0.3, 0.4) is 0 Å². The average molecular weight is 266 g/mol. The van der Waals surface area contributed by atoms with E-state index in [4.69, 9.17) is 16.3 Å². The van der Waals surface area contributed by atoms with E-state index in [0.717, 1.165) is 23.4 Å². The number of nitrogens with zero attached hydrogens (tertiary/aromatic N) is 2. The van der Waals surface area contributed by atoms with Gasteiger partial charge in [-0.1, -0.05) is 11.6 Å². The first-order valence-corrected chi connectivity index (χ1v) is 6.09. The molecule has 1 heterocycles. The molecule has 1 N–H and O–H groups in total. The second kappa shape index (κ2) is 5.89. The summed E-state index contributed by atoms with van der Waals surface area (Å²) in [4.78, 5) is 0. The van der Waals surface area contributed by atoms with Crippen LogP contribution in [-0.4, -0.2) is 23.9 Å². The van der Waals surface area contributed by atoms with Crippen LogP contribution in [0.5, 0.6) is 5.75 Å². The molecule has 0 atom stereocenters. The predicted octanol–water partition coefficient (Wildman–Crippen LogP) is 2.31. The Labute approximate surface area is 112 Å². The van der Waals surface area contributed by atoms with Crippen LogP contribution in [-0.2, 0) is 13.1 Å². The summed E-state index contributed by atoms with van der Waals surface area (Å²) in [6, 6.07) is 5.59. The van der Waals surface area contributed by atoms with Gasteiger partial charge in [0.05, 0.1) is 19.9 Å². The molecule has 0 aliphatic rings. The molecule has 2 aromatic rings. The highest BCUT2D eigenvalue weighted by molar-refractivity contribution is 6.30. The first-order chi connectivity index (χ1) is 8.72. The highest BCUT2D eigenvalue weighted by Gasteiger charge is 2.06. The van der Waals surface area contributed by atoms with E-state index in [0.29, 0.717) is 11.6 Å². The van der Waals surface area contributed by atoms with Crippen molar-refractivity contribution in [3.8, 4) is 5.75 Å². The zero-order valence-corrected chi connectivity index (χ0v) is 11.2. The molecule has 0 fully saturated rings. The Kier molecular flexibility index (Phi) is 4.23. The third kappa shape index (κ3) is 3.03. The van der Waals surface area contributed by atoms with Gasteiger partial charge in [-0.05, 0) is 25.2 Å². The molecule has 96 valence electrons. The van der Waals surface area contributed by atoms with Gasteiger partial charge in [-0.3, -0.25) is 4.68 Å². The fourth-order valence-electron chi connectivity index (χ4n) is 1.83. The van der Waals surface area contributed by atoms with Gasteiger partial charge in [0.2, 0.25) is 0 Å². The summed E-state index contributed by atoms with van der Waals surface area (Å²) in [6.45, 7) is 1.46. The number of halogens is 1.